The summed E-state index contributed by atoms with van der Waals surface area (Å²) in [6.07, 6.45) is 1.56. The average Bonchev–Trinajstić information content (AvgIpc) is 3.34. The Hall–Kier alpha value is -3.62. The lowest BCUT2D eigenvalue weighted by Crippen LogP contribution is -2.44. The van der Waals surface area contributed by atoms with Gasteiger partial charge in [0.15, 0.2) is 11.5 Å². The molecule has 0 spiro atoms. The van der Waals surface area contributed by atoms with Crippen molar-refractivity contribution in [2.24, 2.45) is 0 Å². The van der Waals surface area contributed by atoms with Crippen molar-refractivity contribution in [3.63, 3.8) is 0 Å². The van der Waals surface area contributed by atoms with Crippen LogP contribution in [0, 0.1) is 0 Å². The van der Waals surface area contributed by atoms with Crippen molar-refractivity contribution in [2.45, 2.75) is 12.6 Å². The van der Waals surface area contributed by atoms with Crippen LogP contribution < -0.4 is 24.8 Å². The maximum absolute atomic E-state index is 13.1. The number of furan rings is 1. The van der Waals surface area contributed by atoms with E-state index in [4.69, 9.17) is 18.6 Å². The van der Waals surface area contributed by atoms with Crippen LogP contribution in [0.4, 0.5) is 4.79 Å². The van der Waals surface area contributed by atoms with Crippen LogP contribution in [0.25, 0.3) is 0 Å². The quantitative estimate of drug-likeness (QED) is 0.770. The Balaban J connectivity index is 1.71. The zero-order valence-electron chi connectivity index (χ0n) is 16.3. The summed E-state index contributed by atoms with van der Waals surface area (Å²) >= 11 is 0. The minimum atomic E-state index is -0.651. The van der Waals surface area contributed by atoms with E-state index < -0.39 is 6.04 Å². The highest BCUT2D eigenvalue weighted by atomic mass is 16.5. The van der Waals surface area contributed by atoms with Gasteiger partial charge in [-0.15, -0.1) is 0 Å². The number of ether oxygens (including phenoxy) is 3. The number of hydrogen-bond donors (Lipinski definition) is 2. The van der Waals surface area contributed by atoms with Crippen molar-refractivity contribution in [3.8, 4) is 17.2 Å². The number of amides is 3. The molecule has 0 radical (unpaired) electrons. The van der Waals surface area contributed by atoms with Crippen molar-refractivity contribution in [1.82, 2.24) is 15.5 Å². The largest absolute Gasteiger partial charge is 0.493 e. The van der Waals surface area contributed by atoms with Gasteiger partial charge in [0.2, 0.25) is 5.75 Å². The van der Waals surface area contributed by atoms with Gasteiger partial charge in [0, 0.05) is 0 Å². The number of methoxy groups -OCH3 is 3. The van der Waals surface area contributed by atoms with Gasteiger partial charge in [0.1, 0.15) is 5.76 Å². The van der Waals surface area contributed by atoms with Crippen molar-refractivity contribution in [3.05, 3.63) is 53.1 Å². The number of urea groups is 1. The molecule has 3 amide bonds. The molecule has 2 aromatic rings. The molecule has 2 N–H and O–H groups in total. The number of hydrogen-bond acceptors (Lipinski definition) is 6. The van der Waals surface area contributed by atoms with Gasteiger partial charge >= 0.3 is 6.03 Å². The highest BCUT2D eigenvalue weighted by molar-refractivity contribution is 6.01. The zero-order valence-corrected chi connectivity index (χ0v) is 16.3. The molecule has 3 heterocycles. The minimum absolute atomic E-state index is 0.178. The Morgan fingerprint density at radius 2 is 1.86 bits per heavy atom. The molecule has 9 nitrogen and oxygen atoms in total. The van der Waals surface area contributed by atoms with Gasteiger partial charge in [-0.05, 0) is 29.8 Å². The van der Waals surface area contributed by atoms with E-state index in [0.29, 0.717) is 52.9 Å². The number of benzene rings is 1. The summed E-state index contributed by atoms with van der Waals surface area (Å²) < 4.78 is 21.5. The van der Waals surface area contributed by atoms with Gasteiger partial charge in [-0.25, -0.2) is 4.79 Å². The fourth-order valence-corrected chi connectivity index (χ4v) is 3.66. The first-order valence-corrected chi connectivity index (χ1v) is 8.97. The van der Waals surface area contributed by atoms with Crippen LogP contribution in [-0.4, -0.2) is 44.7 Å². The Bertz CT molecular complexity index is 957. The summed E-state index contributed by atoms with van der Waals surface area (Å²) in [5, 5.41) is 5.57. The first-order chi connectivity index (χ1) is 14.0. The maximum Gasteiger partial charge on any atom is 0.319 e. The lowest BCUT2D eigenvalue weighted by molar-refractivity contribution is -0.126. The first-order valence-electron chi connectivity index (χ1n) is 8.97. The predicted molar refractivity (Wildman–Crippen MR) is 102 cm³/mol. The molecular formula is C20H21N3O6. The molecule has 1 aromatic carbocycles. The van der Waals surface area contributed by atoms with E-state index >= 15 is 0 Å². The molecule has 2 aliphatic heterocycles. The van der Waals surface area contributed by atoms with E-state index in [2.05, 4.69) is 10.6 Å². The third-order valence-electron chi connectivity index (χ3n) is 4.97. The highest BCUT2D eigenvalue weighted by Gasteiger charge is 2.41. The molecule has 1 atom stereocenters. The van der Waals surface area contributed by atoms with Crippen molar-refractivity contribution >= 4 is 11.9 Å². The van der Waals surface area contributed by atoms with Crippen LogP contribution in [-0.2, 0) is 11.3 Å². The van der Waals surface area contributed by atoms with Crippen molar-refractivity contribution in [2.75, 3.05) is 27.9 Å². The van der Waals surface area contributed by atoms with E-state index in [1.54, 1.807) is 35.4 Å². The molecule has 0 saturated carbocycles. The summed E-state index contributed by atoms with van der Waals surface area (Å²) in [7, 11) is 4.54. The summed E-state index contributed by atoms with van der Waals surface area (Å²) in [4.78, 5) is 27.0. The van der Waals surface area contributed by atoms with Crippen LogP contribution >= 0.6 is 0 Å². The minimum Gasteiger partial charge on any atom is -0.493 e. The topological polar surface area (TPSA) is 102 Å². The number of nitrogens with one attached hydrogen (secondary N) is 2. The monoisotopic (exact) mass is 399 g/mol. The Morgan fingerprint density at radius 1 is 1.14 bits per heavy atom. The van der Waals surface area contributed by atoms with Gasteiger partial charge in [-0.2, -0.15) is 0 Å². The molecule has 2 aliphatic rings. The van der Waals surface area contributed by atoms with Crippen LogP contribution in [0.1, 0.15) is 17.4 Å². The third-order valence-corrected chi connectivity index (χ3v) is 4.97. The van der Waals surface area contributed by atoms with Gasteiger partial charge < -0.3 is 34.2 Å². The van der Waals surface area contributed by atoms with E-state index in [1.165, 1.54) is 21.3 Å². The fourth-order valence-electron chi connectivity index (χ4n) is 3.66. The van der Waals surface area contributed by atoms with Gasteiger partial charge in [0.05, 0.1) is 58.0 Å². The molecule has 152 valence electrons. The molecule has 0 unspecified atom stereocenters. The number of carbonyl (C=O) groups excluding carboxylic acids is 2. The standard InChI is InChI=1S/C20H21N3O6/c1-26-14-7-11(8-15(27-2)18(14)28-3)17-16-13(21-20(25)22-17)10-23(19(16)24)9-12-5-4-6-29-12/h4-8,17H,9-10H2,1-3H3,(H2,21,22,25)/t17-/m1/s1. The second-order valence-corrected chi connectivity index (χ2v) is 6.62. The summed E-state index contributed by atoms with van der Waals surface area (Å²) in [6, 6.07) is 6.00. The molecular weight excluding hydrogens is 378 g/mol. The maximum atomic E-state index is 13.1. The molecule has 9 heteroatoms. The van der Waals surface area contributed by atoms with Crippen LogP contribution in [0.5, 0.6) is 17.2 Å². The number of nitrogens with zero attached hydrogens (tertiary/aromatic N) is 1. The second-order valence-electron chi connectivity index (χ2n) is 6.62. The lowest BCUT2D eigenvalue weighted by atomic mass is 9.95. The summed E-state index contributed by atoms with van der Waals surface area (Å²) in [5.41, 5.74) is 1.70. The van der Waals surface area contributed by atoms with Gasteiger partial charge in [0.25, 0.3) is 5.91 Å². The first kappa shape index (κ1) is 18.7. The predicted octanol–water partition coefficient (Wildman–Crippen LogP) is 1.96. The van der Waals surface area contributed by atoms with Crippen molar-refractivity contribution in [1.29, 1.82) is 0 Å². The van der Waals surface area contributed by atoms with E-state index in [9.17, 15) is 9.59 Å². The Kier molecular flexibility index (Phi) is 4.79. The van der Waals surface area contributed by atoms with Crippen LogP contribution in [0.2, 0.25) is 0 Å². The zero-order chi connectivity index (χ0) is 20.5. The summed E-state index contributed by atoms with van der Waals surface area (Å²) in [5.74, 6) is 1.80. The van der Waals surface area contributed by atoms with E-state index in [1.807, 2.05) is 0 Å². The van der Waals surface area contributed by atoms with E-state index in [-0.39, 0.29) is 11.9 Å². The number of rotatable bonds is 6. The molecule has 0 fully saturated rings. The molecule has 29 heavy (non-hydrogen) atoms. The third kappa shape index (κ3) is 3.24. The van der Waals surface area contributed by atoms with Gasteiger partial charge in [-0.1, -0.05) is 0 Å². The van der Waals surface area contributed by atoms with Crippen LogP contribution in [0.3, 0.4) is 0 Å². The summed E-state index contributed by atoms with van der Waals surface area (Å²) in [6.45, 7) is 0.611. The fraction of sp³-hybridized carbons (Fsp3) is 0.300. The van der Waals surface area contributed by atoms with E-state index in [0.717, 1.165) is 0 Å². The van der Waals surface area contributed by atoms with Crippen LogP contribution in [0.15, 0.2) is 46.2 Å². The molecule has 0 bridgehead atoms. The Morgan fingerprint density at radius 3 is 2.45 bits per heavy atom. The average molecular weight is 399 g/mol. The highest BCUT2D eigenvalue weighted by Crippen LogP contribution is 2.42. The smallest absolute Gasteiger partial charge is 0.319 e. The molecule has 0 aliphatic carbocycles. The van der Waals surface area contributed by atoms with Gasteiger partial charge in [-0.3, -0.25) is 4.79 Å². The normalized spacial score (nSPS) is 18.3. The van der Waals surface area contributed by atoms with Crippen molar-refractivity contribution < 1.29 is 28.2 Å². The molecule has 1 aromatic heterocycles. The molecule has 4 rings (SSSR count). The second kappa shape index (κ2) is 7.42. The Labute approximate surface area is 167 Å². The SMILES string of the molecule is COc1cc([C@H]2NC(=O)NC3=C2C(=O)N(Cc2ccco2)C3)cc(OC)c1OC. The number of carbonyl (C=O) groups is 2. The lowest BCUT2D eigenvalue weighted by Gasteiger charge is -2.26. The molecule has 0 saturated heterocycles.